The Kier molecular flexibility index (Phi) is 4.98. The van der Waals surface area contributed by atoms with Gasteiger partial charge in [-0.05, 0) is 43.3 Å². The van der Waals surface area contributed by atoms with E-state index in [0.29, 0.717) is 11.1 Å². The minimum atomic E-state index is -4.02. The first kappa shape index (κ1) is 18.6. The Morgan fingerprint density at radius 3 is 2.44 bits per heavy atom. The van der Waals surface area contributed by atoms with Crippen LogP contribution in [-0.2, 0) is 14.8 Å². The van der Waals surface area contributed by atoms with Crippen LogP contribution in [0, 0.1) is 0 Å². The zero-order valence-electron chi connectivity index (χ0n) is 14.2. The summed E-state index contributed by atoms with van der Waals surface area (Å²) in [6, 6.07) is 10.7. The molecule has 0 saturated heterocycles. The number of ether oxygens (including phenoxy) is 1. The van der Waals surface area contributed by atoms with E-state index in [9.17, 15) is 18.0 Å². The topological polar surface area (TPSA) is 126 Å². The molecule has 1 aromatic heterocycles. The number of carbonyl (C=O) groups is 2. The van der Waals surface area contributed by atoms with E-state index in [1.165, 1.54) is 25.3 Å². The number of fused-ring (bicyclic) bond motifs is 1. The van der Waals surface area contributed by atoms with Crippen molar-refractivity contribution in [1.82, 2.24) is 9.71 Å². The first-order chi connectivity index (χ1) is 12.8. The van der Waals surface area contributed by atoms with Crippen LogP contribution in [0.5, 0.6) is 5.75 Å². The van der Waals surface area contributed by atoms with Crippen molar-refractivity contribution in [2.45, 2.75) is 17.9 Å². The highest BCUT2D eigenvalue weighted by Gasteiger charge is 2.24. The lowest BCUT2D eigenvalue weighted by molar-refractivity contribution is -0.135. The third kappa shape index (κ3) is 3.99. The second kappa shape index (κ2) is 7.22. The molecule has 1 heterocycles. The van der Waals surface area contributed by atoms with Crippen LogP contribution in [0.4, 0.5) is 0 Å². The van der Waals surface area contributed by atoms with Crippen LogP contribution in [0.2, 0.25) is 0 Å². The standard InChI is InChI=1S/C18H16N2O6S/c1-11(18(23)26-16-10-19-15-5-3-2-4-14(15)16)20-27(24,25)13-8-6-12(7-9-13)17(21)22/h2-11,19-20H,1H3,(H,21,22)/t11-/m0/s1. The van der Waals surface area contributed by atoms with Gasteiger partial charge in [-0.1, -0.05) is 12.1 Å². The summed E-state index contributed by atoms with van der Waals surface area (Å²) >= 11 is 0. The zero-order valence-corrected chi connectivity index (χ0v) is 15.0. The van der Waals surface area contributed by atoms with Crippen molar-refractivity contribution in [3.05, 3.63) is 60.3 Å². The molecule has 140 valence electrons. The molecule has 2 aromatic carbocycles. The van der Waals surface area contributed by atoms with Gasteiger partial charge in [0.25, 0.3) is 0 Å². The Morgan fingerprint density at radius 2 is 1.78 bits per heavy atom. The number of sulfonamides is 1. The van der Waals surface area contributed by atoms with Crippen LogP contribution < -0.4 is 9.46 Å². The fourth-order valence-corrected chi connectivity index (χ4v) is 3.64. The fourth-order valence-electron chi connectivity index (χ4n) is 2.45. The highest BCUT2D eigenvalue weighted by molar-refractivity contribution is 7.89. The van der Waals surface area contributed by atoms with Crippen molar-refractivity contribution in [2.24, 2.45) is 0 Å². The summed E-state index contributed by atoms with van der Waals surface area (Å²) in [4.78, 5) is 25.9. The van der Waals surface area contributed by atoms with Crippen molar-refractivity contribution < 1.29 is 27.9 Å². The third-order valence-electron chi connectivity index (χ3n) is 3.86. The van der Waals surface area contributed by atoms with Gasteiger partial charge >= 0.3 is 11.9 Å². The minimum absolute atomic E-state index is 0.0410. The Morgan fingerprint density at radius 1 is 1.11 bits per heavy atom. The van der Waals surface area contributed by atoms with Crippen LogP contribution in [0.3, 0.4) is 0 Å². The van der Waals surface area contributed by atoms with E-state index < -0.39 is 28.0 Å². The summed E-state index contributed by atoms with van der Waals surface area (Å²) in [5.41, 5.74) is 0.743. The smallest absolute Gasteiger partial charge is 0.335 e. The number of hydrogen-bond donors (Lipinski definition) is 3. The Hall–Kier alpha value is -3.17. The number of carbonyl (C=O) groups excluding carboxylic acids is 1. The molecule has 0 saturated carbocycles. The lowest BCUT2D eigenvalue weighted by Gasteiger charge is -2.13. The molecule has 0 spiro atoms. The third-order valence-corrected chi connectivity index (χ3v) is 5.42. The van der Waals surface area contributed by atoms with Gasteiger partial charge in [0, 0.05) is 17.1 Å². The molecule has 9 heteroatoms. The van der Waals surface area contributed by atoms with E-state index >= 15 is 0 Å². The number of hydrogen-bond acceptors (Lipinski definition) is 5. The van der Waals surface area contributed by atoms with Crippen molar-refractivity contribution in [3.63, 3.8) is 0 Å². The van der Waals surface area contributed by atoms with Crippen LogP contribution in [-0.4, -0.2) is 36.5 Å². The molecular weight excluding hydrogens is 372 g/mol. The summed E-state index contributed by atoms with van der Waals surface area (Å²) < 4.78 is 32.2. The van der Waals surface area contributed by atoms with Gasteiger partial charge in [0.05, 0.1) is 10.5 Å². The van der Waals surface area contributed by atoms with Gasteiger partial charge in [-0.15, -0.1) is 0 Å². The zero-order chi connectivity index (χ0) is 19.6. The van der Waals surface area contributed by atoms with E-state index in [0.717, 1.165) is 17.6 Å². The van der Waals surface area contributed by atoms with Gasteiger partial charge in [0.2, 0.25) is 10.0 Å². The number of H-pyrrole nitrogens is 1. The number of esters is 1. The lowest BCUT2D eigenvalue weighted by Crippen LogP contribution is -2.40. The number of carboxylic acid groups (broad SMARTS) is 1. The minimum Gasteiger partial charge on any atom is -0.478 e. The molecule has 3 rings (SSSR count). The number of aromatic carboxylic acids is 1. The number of para-hydroxylation sites is 1. The average molecular weight is 388 g/mol. The van der Waals surface area contributed by atoms with E-state index in [1.807, 2.05) is 12.1 Å². The maximum Gasteiger partial charge on any atom is 0.335 e. The van der Waals surface area contributed by atoms with Gasteiger partial charge < -0.3 is 14.8 Å². The molecule has 3 N–H and O–H groups in total. The highest BCUT2D eigenvalue weighted by Crippen LogP contribution is 2.25. The van der Waals surface area contributed by atoms with Gasteiger partial charge in [0.1, 0.15) is 6.04 Å². The Labute approximate surface area is 154 Å². The molecule has 27 heavy (non-hydrogen) atoms. The second-order valence-corrected chi connectivity index (χ2v) is 7.51. The molecule has 0 aliphatic rings. The molecule has 0 aliphatic heterocycles. The molecule has 0 unspecified atom stereocenters. The van der Waals surface area contributed by atoms with Crippen LogP contribution in [0.1, 0.15) is 17.3 Å². The van der Waals surface area contributed by atoms with Gasteiger partial charge in [-0.2, -0.15) is 4.72 Å². The van der Waals surface area contributed by atoms with Crippen molar-refractivity contribution >= 4 is 32.9 Å². The molecule has 1 atom stereocenters. The van der Waals surface area contributed by atoms with Gasteiger partial charge in [0.15, 0.2) is 5.75 Å². The Bertz CT molecular complexity index is 1100. The van der Waals surface area contributed by atoms with E-state index in [-0.39, 0.29) is 10.5 Å². The lowest BCUT2D eigenvalue weighted by atomic mass is 10.2. The monoisotopic (exact) mass is 388 g/mol. The van der Waals surface area contributed by atoms with Gasteiger partial charge in [-0.3, -0.25) is 0 Å². The van der Waals surface area contributed by atoms with E-state index in [2.05, 4.69) is 9.71 Å². The largest absolute Gasteiger partial charge is 0.478 e. The maximum absolute atomic E-state index is 12.4. The van der Waals surface area contributed by atoms with Crippen LogP contribution >= 0.6 is 0 Å². The number of nitrogens with one attached hydrogen (secondary N) is 2. The predicted octanol–water partition coefficient (Wildman–Crippen LogP) is 2.14. The first-order valence-electron chi connectivity index (χ1n) is 7.91. The summed E-state index contributed by atoms with van der Waals surface area (Å²) in [7, 11) is -4.02. The van der Waals surface area contributed by atoms with E-state index in [4.69, 9.17) is 9.84 Å². The average Bonchev–Trinajstić information content (AvgIpc) is 3.04. The summed E-state index contributed by atoms with van der Waals surface area (Å²) in [5.74, 6) is -1.64. The number of aromatic nitrogens is 1. The highest BCUT2D eigenvalue weighted by atomic mass is 32.2. The predicted molar refractivity (Wildman–Crippen MR) is 97.1 cm³/mol. The van der Waals surface area contributed by atoms with Gasteiger partial charge in [-0.25, -0.2) is 18.0 Å². The fraction of sp³-hybridized carbons (Fsp3) is 0.111. The molecule has 0 radical (unpaired) electrons. The normalized spacial score (nSPS) is 12.6. The molecule has 0 amide bonds. The number of aromatic amines is 1. The quantitative estimate of drug-likeness (QED) is 0.556. The Balaban J connectivity index is 1.72. The van der Waals surface area contributed by atoms with Crippen LogP contribution in [0.15, 0.2) is 59.6 Å². The summed E-state index contributed by atoms with van der Waals surface area (Å²) in [6.07, 6.45) is 1.52. The van der Waals surface area contributed by atoms with Crippen molar-refractivity contribution in [2.75, 3.05) is 0 Å². The molecule has 3 aromatic rings. The van der Waals surface area contributed by atoms with Crippen molar-refractivity contribution in [1.29, 1.82) is 0 Å². The molecule has 8 nitrogen and oxygen atoms in total. The van der Waals surface area contributed by atoms with Crippen molar-refractivity contribution in [3.8, 4) is 5.75 Å². The molecular formula is C18H16N2O6S. The molecule has 0 fully saturated rings. The molecule has 0 aliphatic carbocycles. The van der Waals surface area contributed by atoms with E-state index in [1.54, 1.807) is 12.1 Å². The SMILES string of the molecule is C[C@H](NS(=O)(=O)c1ccc(C(=O)O)cc1)C(=O)Oc1c[nH]c2ccccc12. The summed E-state index contributed by atoms with van der Waals surface area (Å²) in [5, 5.41) is 9.56. The first-order valence-corrected chi connectivity index (χ1v) is 9.40. The number of carboxylic acids is 1. The number of rotatable bonds is 6. The summed E-state index contributed by atoms with van der Waals surface area (Å²) in [6.45, 7) is 1.36. The second-order valence-electron chi connectivity index (χ2n) is 5.79. The van der Waals surface area contributed by atoms with Crippen LogP contribution in [0.25, 0.3) is 10.9 Å². The maximum atomic E-state index is 12.4. The molecule has 0 bridgehead atoms. The number of benzene rings is 2.